The molecule has 0 radical (unpaired) electrons. The van der Waals surface area contributed by atoms with Crippen LogP contribution in [0.15, 0.2) is 59.5 Å². The van der Waals surface area contributed by atoms with Crippen molar-refractivity contribution in [2.75, 3.05) is 11.1 Å². The molecule has 0 saturated carbocycles. The van der Waals surface area contributed by atoms with Crippen molar-refractivity contribution in [1.29, 1.82) is 0 Å². The van der Waals surface area contributed by atoms with Crippen LogP contribution in [0.5, 0.6) is 0 Å². The van der Waals surface area contributed by atoms with E-state index in [1.807, 2.05) is 18.2 Å². The first-order valence-corrected chi connectivity index (χ1v) is 7.46. The number of benzene rings is 2. The van der Waals surface area contributed by atoms with E-state index < -0.39 is 0 Å². The molecule has 0 spiro atoms. The van der Waals surface area contributed by atoms with Gasteiger partial charge in [-0.05, 0) is 48.6 Å². The average Bonchev–Trinajstić information content (AvgIpc) is 2.47. The van der Waals surface area contributed by atoms with Crippen molar-refractivity contribution >= 4 is 23.4 Å². The fourth-order valence-electron chi connectivity index (χ4n) is 1.70. The molecular weight excluding hydrogens is 273 g/mol. The van der Waals surface area contributed by atoms with E-state index in [0.717, 1.165) is 12.2 Å². The summed E-state index contributed by atoms with van der Waals surface area (Å²) in [4.78, 5) is 12.9. The van der Waals surface area contributed by atoms with Crippen LogP contribution in [0.4, 0.5) is 10.1 Å². The summed E-state index contributed by atoms with van der Waals surface area (Å²) >= 11 is 1.74. The Bertz CT molecular complexity index is 542. The van der Waals surface area contributed by atoms with E-state index in [2.05, 4.69) is 17.4 Å². The van der Waals surface area contributed by atoms with Crippen LogP contribution in [-0.4, -0.2) is 11.7 Å². The predicted octanol–water partition coefficient (Wildman–Crippen LogP) is 4.34. The van der Waals surface area contributed by atoms with E-state index in [0.29, 0.717) is 12.1 Å². The molecule has 4 heteroatoms. The van der Waals surface area contributed by atoms with Crippen LogP contribution in [-0.2, 0) is 4.79 Å². The lowest BCUT2D eigenvalue weighted by molar-refractivity contribution is -0.116. The molecule has 2 aromatic rings. The molecule has 2 rings (SSSR count). The molecule has 0 aromatic heterocycles. The molecule has 0 atom stereocenters. The largest absolute Gasteiger partial charge is 0.326 e. The van der Waals surface area contributed by atoms with E-state index >= 15 is 0 Å². The molecule has 0 saturated heterocycles. The highest BCUT2D eigenvalue weighted by Crippen LogP contribution is 2.18. The summed E-state index contributed by atoms with van der Waals surface area (Å²) in [5, 5.41) is 2.75. The van der Waals surface area contributed by atoms with Crippen LogP contribution >= 0.6 is 11.8 Å². The molecule has 0 bridgehead atoms. The van der Waals surface area contributed by atoms with Gasteiger partial charge in [-0.25, -0.2) is 4.39 Å². The Balaban J connectivity index is 1.66. The Hall–Kier alpha value is -1.81. The Labute approximate surface area is 122 Å². The molecule has 2 aromatic carbocycles. The minimum absolute atomic E-state index is 0.0368. The molecular formula is C16H16FNOS. The third-order valence-corrected chi connectivity index (χ3v) is 3.79. The molecule has 20 heavy (non-hydrogen) atoms. The lowest BCUT2D eigenvalue weighted by atomic mass is 10.3. The van der Waals surface area contributed by atoms with Gasteiger partial charge in [-0.1, -0.05) is 18.2 Å². The second kappa shape index (κ2) is 7.70. The molecule has 1 N–H and O–H groups in total. The lowest BCUT2D eigenvalue weighted by Crippen LogP contribution is -2.11. The first-order valence-electron chi connectivity index (χ1n) is 6.47. The van der Waals surface area contributed by atoms with Crippen molar-refractivity contribution in [3.05, 3.63) is 60.4 Å². The zero-order valence-electron chi connectivity index (χ0n) is 11.0. The van der Waals surface area contributed by atoms with Crippen LogP contribution in [0.25, 0.3) is 0 Å². The number of thioether (sulfide) groups is 1. The molecule has 0 aliphatic heterocycles. The summed E-state index contributed by atoms with van der Waals surface area (Å²) in [6.45, 7) is 0. The van der Waals surface area contributed by atoms with Gasteiger partial charge in [0.05, 0.1) is 0 Å². The topological polar surface area (TPSA) is 29.1 Å². The van der Waals surface area contributed by atoms with Crippen molar-refractivity contribution in [2.24, 2.45) is 0 Å². The highest BCUT2D eigenvalue weighted by atomic mass is 32.2. The van der Waals surface area contributed by atoms with Gasteiger partial charge in [0, 0.05) is 17.0 Å². The van der Waals surface area contributed by atoms with Crippen molar-refractivity contribution in [3.8, 4) is 0 Å². The first kappa shape index (κ1) is 14.6. The maximum Gasteiger partial charge on any atom is 0.224 e. The Morgan fingerprint density at radius 1 is 1.05 bits per heavy atom. The zero-order chi connectivity index (χ0) is 14.2. The highest BCUT2D eigenvalue weighted by molar-refractivity contribution is 7.99. The number of hydrogen-bond acceptors (Lipinski definition) is 2. The van der Waals surface area contributed by atoms with Crippen molar-refractivity contribution in [1.82, 2.24) is 0 Å². The molecule has 0 unspecified atom stereocenters. The predicted molar refractivity (Wildman–Crippen MR) is 81.4 cm³/mol. The molecule has 0 fully saturated rings. The highest BCUT2D eigenvalue weighted by Gasteiger charge is 2.02. The van der Waals surface area contributed by atoms with Gasteiger partial charge in [-0.3, -0.25) is 4.79 Å². The zero-order valence-corrected chi connectivity index (χ0v) is 11.8. The average molecular weight is 289 g/mol. The number of amides is 1. The van der Waals surface area contributed by atoms with E-state index in [1.165, 1.54) is 17.0 Å². The summed E-state index contributed by atoms with van der Waals surface area (Å²) in [6.07, 6.45) is 1.28. The van der Waals surface area contributed by atoms with Crippen molar-refractivity contribution in [3.63, 3.8) is 0 Å². The Morgan fingerprint density at radius 3 is 2.45 bits per heavy atom. The van der Waals surface area contributed by atoms with Crippen LogP contribution in [0.2, 0.25) is 0 Å². The second-order valence-electron chi connectivity index (χ2n) is 4.32. The molecule has 0 heterocycles. The second-order valence-corrected chi connectivity index (χ2v) is 5.49. The number of carbonyl (C=O) groups excluding carboxylic acids is 1. The van der Waals surface area contributed by atoms with Gasteiger partial charge in [0.1, 0.15) is 5.82 Å². The van der Waals surface area contributed by atoms with Gasteiger partial charge >= 0.3 is 0 Å². The lowest BCUT2D eigenvalue weighted by Gasteiger charge is -2.05. The Kier molecular flexibility index (Phi) is 5.62. The van der Waals surface area contributed by atoms with Gasteiger partial charge < -0.3 is 5.32 Å². The van der Waals surface area contributed by atoms with E-state index in [9.17, 15) is 9.18 Å². The number of halogens is 1. The number of carbonyl (C=O) groups is 1. The van der Waals surface area contributed by atoms with Gasteiger partial charge in [-0.15, -0.1) is 11.8 Å². The van der Waals surface area contributed by atoms with E-state index in [-0.39, 0.29) is 11.7 Å². The van der Waals surface area contributed by atoms with Crippen LogP contribution in [0, 0.1) is 5.82 Å². The minimum atomic E-state index is -0.303. The van der Waals surface area contributed by atoms with Crippen LogP contribution in [0.1, 0.15) is 12.8 Å². The van der Waals surface area contributed by atoms with E-state index in [4.69, 9.17) is 0 Å². The van der Waals surface area contributed by atoms with Gasteiger partial charge in [0.15, 0.2) is 0 Å². The SMILES string of the molecule is O=C(CCCSc1ccccc1)Nc1ccc(F)cc1. The summed E-state index contributed by atoms with van der Waals surface area (Å²) in [5.74, 6) is 0.563. The molecule has 1 amide bonds. The third-order valence-electron chi connectivity index (χ3n) is 2.69. The number of hydrogen-bond donors (Lipinski definition) is 1. The summed E-state index contributed by atoms with van der Waals surface area (Å²) < 4.78 is 12.7. The van der Waals surface area contributed by atoms with Crippen molar-refractivity contribution in [2.45, 2.75) is 17.7 Å². The molecule has 0 aliphatic carbocycles. The summed E-state index contributed by atoms with van der Waals surface area (Å²) in [5.41, 5.74) is 0.632. The maximum atomic E-state index is 12.7. The summed E-state index contributed by atoms with van der Waals surface area (Å²) in [7, 11) is 0. The fraction of sp³-hybridized carbons (Fsp3) is 0.188. The number of anilines is 1. The van der Waals surface area contributed by atoms with Gasteiger partial charge in [0.25, 0.3) is 0 Å². The standard InChI is InChI=1S/C16H16FNOS/c17-13-8-10-14(11-9-13)18-16(19)7-4-12-20-15-5-2-1-3-6-15/h1-3,5-6,8-11H,4,7,12H2,(H,18,19). The summed E-state index contributed by atoms with van der Waals surface area (Å²) in [6, 6.07) is 15.9. The monoisotopic (exact) mass is 289 g/mol. The minimum Gasteiger partial charge on any atom is -0.326 e. The third kappa shape index (κ3) is 5.05. The van der Waals surface area contributed by atoms with Crippen molar-refractivity contribution < 1.29 is 9.18 Å². The molecule has 0 aliphatic rings. The smallest absolute Gasteiger partial charge is 0.224 e. The normalized spacial score (nSPS) is 10.2. The number of nitrogens with one attached hydrogen (secondary N) is 1. The van der Waals surface area contributed by atoms with Gasteiger partial charge in [-0.2, -0.15) is 0 Å². The fourth-order valence-corrected chi connectivity index (χ4v) is 2.57. The van der Waals surface area contributed by atoms with Crippen LogP contribution < -0.4 is 5.32 Å². The molecule has 104 valence electrons. The number of rotatable bonds is 6. The first-order chi connectivity index (χ1) is 9.74. The Morgan fingerprint density at radius 2 is 1.75 bits per heavy atom. The van der Waals surface area contributed by atoms with E-state index in [1.54, 1.807) is 23.9 Å². The van der Waals surface area contributed by atoms with Crippen LogP contribution in [0.3, 0.4) is 0 Å². The molecule has 2 nitrogen and oxygen atoms in total. The van der Waals surface area contributed by atoms with Gasteiger partial charge in [0.2, 0.25) is 5.91 Å². The maximum absolute atomic E-state index is 12.7. The quantitative estimate of drug-likeness (QED) is 0.633.